The minimum absolute atomic E-state index is 0.166. The Morgan fingerprint density at radius 1 is 1.33 bits per heavy atom. The monoisotopic (exact) mass is 242 g/mol. The molecule has 1 aliphatic carbocycles. The van der Waals surface area contributed by atoms with Crippen LogP contribution in [0.15, 0.2) is 36.5 Å². The van der Waals surface area contributed by atoms with Gasteiger partial charge in [-0.3, -0.25) is 5.10 Å². The molecule has 1 atom stereocenters. The Morgan fingerprint density at radius 3 is 3.00 bits per heavy atom. The molecule has 0 aliphatic heterocycles. The summed E-state index contributed by atoms with van der Waals surface area (Å²) in [5.41, 5.74) is 2.70. The molecule has 1 N–H and O–H groups in total. The minimum Gasteiger partial charge on any atom is -0.454 e. The quantitative estimate of drug-likeness (QED) is 0.824. The highest BCUT2D eigenvalue weighted by atomic mass is 16.5. The molecule has 18 heavy (non-hydrogen) atoms. The number of carbonyl (C=O) groups excluding carboxylic acids is 1. The molecular weight excluding hydrogens is 228 g/mol. The van der Waals surface area contributed by atoms with Crippen molar-refractivity contribution in [3.63, 3.8) is 0 Å². The molecule has 2 aromatic rings. The van der Waals surface area contributed by atoms with Crippen molar-refractivity contribution in [2.24, 2.45) is 0 Å². The fraction of sp³-hybridized carbons (Fsp3) is 0.286. The predicted octanol–water partition coefficient (Wildman–Crippen LogP) is 2.64. The predicted molar refractivity (Wildman–Crippen MR) is 66.1 cm³/mol. The van der Waals surface area contributed by atoms with Crippen LogP contribution in [-0.2, 0) is 11.2 Å². The van der Waals surface area contributed by atoms with Gasteiger partial charge in [-0.05, 0) is 31.4 Å². The second kappa shape index (κ2) is 4.64. The fourth-order valence-electron chi connectivity index (χ4n) is 2.31. The summed E-state index contributed by atoms with van der Waals surface area (Å²) in [5, 5.41) is 6.98. The van der Waals surface area contributed by atoms with Crippen LogP contribution < -0.4 is 0 Å². The zero-order valence-corrected chi connectivity index (χ0v) is 9.93. The van der Waals surface area contributed by atoms with Gasteiger partial charge in [-0.25, -0.2) is 4.79 Å². The first kappa shape index (κ1) is 11.0. The third-order valence-corrected chi connectivity index (χ3v) is 3.25. The summed E-state index contributed by atoms with van der Waals surface area (Å²) in [7, 11) is 0. The number of fused-ring (bicyclic) bond motifs is 1. The number of aromatic amines is 1. The van der Waals surface area contributed by atoms with E-state index in [4.69, 9.17) is 4.74 Å². The van der Waals surface area contributed by atoms with Crippen molar-refractivity contribution in [1.29, 1.82) is 0 Å². The second-order valence-corrected chi connectivity index (χ2v) is 4.46. The van der Waals surface area contributed by atoms with Gasteiger partial charge in [-0.1, -0.05) is 18.2 Å². The third kappa shape index (κ3) is 2.01. The highest BCUT2D eigenvalue weighted by Gasteiger charge is 2.25. The van der Waals surface area contributed by atoms with Gasteiger partial charge in [0, 0.05) is 11.3 Å². The molecule has 4 nitrogen and oxygen atoms in total. The van der Waals surface area contributed by atoms with Crippen molar-refractivity contribution in [2.45, 2.75) is 25.4 Å². The molecular formula is C14H14N2O2. The molecule has 4 heteroatoms. The Hall–Kier alpha value is -2.10. The van der Waals surface area contributed by atoms with Gasteiger partial charge in [0.25, 0.3) is 0 Å². The van der Waals surface area contributed by atoms with E-state index in [9.17, 15) is 4.79 Å². The van der Waals surface area contributed by atoms with Gasteiger partial charge in [0.2, 0.25) is 0 Å². The SMILES string of the molecule is O=C(OC1CCCc2[nH]ncc21)c1ccccc1. The number of hydrogen-bond acceptors (Lipinski definition) is 3. The number of aromatic nitrogens is 2. The van der Waals surface area contributed by atoms with Gasteiger partial charge in [0.15, 0.2) is 0 Å². The standard InChI is InChI=1S/C14H14N2O2/c17-14(10-5-2-1-3-6-10)18-13-8-4-7-12-11(13)9-15-16-12/h1-3,5-6,9,13H,4,7-8H2,(H,15,16). The molecule has 1 aromatic carbocycles. The van der Waals surface area contributed by atoms with Gasteiger partial charge >= 0.3 is 5.97 Å². The first-order valence-corrected chi connectivity index (χ1v) is 6.13. The van der Waals surface area contributed by atoms with Crippen LogP contribution >= 0.6 is 0 Å². The average Bonchev–Trinajstić information content (AvgIpc) is 2.89. The zero-order valence-electron chi connectivity index (χ0n) is 9.93. The van der Waals surface area contributed by atoms with E-state index >= 15 is 0 Å². The number of ether oxygens (including phenoxy) is 1. The summed E-state index contributed by atoms with van der Waals surface area (Å²) in [6.45, 7) is 0. The molecule has 0 amide bonds. The average molecular weight is 242 g/mol. The van der Waals surface area contributed by atoms with E-state index in [1.165, 1.54) is 0 Å². The maximum atomic E-state index is 12.0. The Balaban J connectivity index is 1.77. The van der Waals surface area contributed by atoms with Crippen molar-refractivity contribution < 1.29 is 9.53 Å². The zero-order chi connectivity index (χ0) is 12.4. The highest BCUT2D eigenvalue weighted by Crippen LogP contribution is 2.31. The molecule has 1 unspecified atom stereocenters. The van der Waals surface area contributed by atoms with Crippen LogP contribution in [0.25, 0.3) is 0 Å². The largest absolute Gasteiger partial charge is 0.454 e. The van der Waals surface area contributed by atoms with Crippen molar-refractivity contribution in [3.8, 4) is 0 Å². The first-order chi connectivity index (χ1) is 8.84. The molecule has 0 saturated heterocycles. The maximum Gasteiger partial charge on any atom is 0.338 e. The molecule has 1 aliphatic rings. The van der Waals surface area contributed by atoms with E-state index in [2.05, 4.69) is 10.2 Å². The number of carbonyl (C=O) groups is 1. The normalized spacial score (nSPS) is 18.1. The number of H-pyrrole nitrogens is 1. The lowest BCUT2D eigenvalue weighted by Gasteiger charge is -2.21. The van der Waals surface area contributed by atoms with E-state index in [1.54, 1.807) is 18.3 Å². The summed E-state index contributed by atoms with van der Waals surface area (Å²) >= 11 is 0. The molecule has 1 heterocycles. The summed E-state index contributed by atoms with van der Waals surface area (Å²) in [6, 6.07) is 9.08. The summed E-state index contributed by atoms with van der Waals surface area (Å²) < 4.78 is 5.56. The number of rotatable bonds is 2. The van der Waals surface area contributed by atoms with Gasteiger partial charge in [-0.2, -0.15) is 5.10 Å². The Morgan fingerprint density at radius 2 is 2.17 bits per heavy atom. The van der Waals surface area contributed by atoms with Crippen LogP contribution in [-0.4, -0.2) is 16.2 Å². The van der Waals surface area contributed by atoms with Gasteiger partial charge in [0.1, 0.15) is 6.10 Å². The lowest BCUT2D eigenvalue weighted by Crippen LogP contribution is -2.16. The lowest BCUT2D eigenvalue weighted by molar-refractivity contribution is 0.0256. The fourth-order valence-corrected chi connectivity index (χ4v) is 2.31. The van der Waals surface area contributed by atoms with Gasteiger partial charge < -0.3 is 4.74 Å². The van der Waals surface area contributed by atoms with E-state index in [1.807, 2.05) is 18.2 Å². The van der Waals surface area contributed by atoms with Crippen molar-refractivity contribution >= 4 is 5.97 Å². The number of aryl methyl sites for hydroxylation is 1. The number of nitrogens with zero attached hydrogens (tertiary/aromatic N) is 1. The van der Waals surface area contributed by atoms with E-state index < -0.39 is 0 Å². The molecule has 0 fully saturated rings. The summed E-state index contributed by atoms with van der Waals surface area (Å²) in [4.78, 5) is 12.0. The van der Waals surface area contributed by atoms with E-state index in [0.717, 1.165) is 30.5 Å². The second-order valence-electron chi connectivity index (χ2n) is 4.46. The Bertz CT molecular complexity index is 548. The van der Waals surface area contributed by atoms with E-state index in [-0.39, 0.29) is 12.1 Å². The van der Waals surface area contributed by atoms with Crippen LogP contribution in [0.3, 0.4) is 0 Å². The number of nitrogens with one attached hydrogen (secondary N) is 1. The molecule has 0 spiro atoms. The number of esters is 1. The van der Waals surface area contributed by atoms with Crippen LogP contribution in [0, 0.1) is 0 Å². The molecule has 3 rings (SSSR count). The molecule has 92 valence electrons. The van der Waals surface area contributed by atoms with Crippen LogP contribution in [0.2, 0.25) is 0 Å². The molecule has 0 radical (unpaired) electrons. The molecule has 0 saturated carbocycles. The molecule has 1 aromatic heterocycles. The van der Waals surface area contributed by atoms with Crippen LogP contribution in [0.1, 0.15) is 40.6 Å². The topological polar surface area (TPSA) is 55.0 Å². The van der Waals surface area contributed by atoms with Crippen molar-refractivity contribution in [2.75, 3.05) is 0 Å². The minimum atomic E-state index is -0.269. The van der Waals surface area contributed by atoms with Crippen molar-refractivity contribution in [3.05, 3.63) is 53.3 Å². The lowest BCUT2D eigenvalue weighted by atomic mass is 9.95. The van der Waals surface area contributed by atoms with Gasteiger partial charge in [0.05, 0.1) is 11.8 Å². The highest BCUT2D eigenvalue weighted by molar-refractivity contribution is 5.89. The summed E-state index contributed by atoms with van der Waals surface area (Å²) in [5.74, 6) is -0.269. The Labute approximate surface area is 105 Å². The van der Waals surface area contributed by atoms with Crippen LogP contribution in [0.5, 0.6) is 0 Å². The summed E-state index contributed by atoms with van der Waals surface area (Å²) in [6.07, 6.45) is 4.46. The third-order valence-electron chi connectivity index (χ3n) is 3.25. The number of hydrogen-bond donors (Lipinski definition) is 1. The Kier molecular flexibility index (Phi) is 2.84. The van der Waals surface area contributed by atoms with Crippen molar-refractivity contribution in [1.82, 2.24) is 10.2 Å². The van der Waals surface area contributed by atoms with Crippen LogP contribution in [0.4, 0.5) is 0 Å². The number of benzene rings is 1. The first-order valence-electron chi connectivity index (χ1n) is 6.13. The smallest absolute Gasteiger partial charge is 0.338 e. The maximum absolute atomic E-state index is 12.0. The van der Waals surface area contributed by atoms with Gasteiger partial charge in [-0.15, -0.1) is 0 Å². The van der Waals surface area contributed by atoms with E-state index in [0.29, 0.717) is 5.56 Å². The molecule has 0 bridgehead atoms.